The molecule has 0 atom stereocenters. The molecule has 0 fully saturated rings. The number of carbonyl (C=O) groups is 1. The van der Waals surface area contributed by atoms with E-state index < -0.39 is 0 Å². The van der Waals surface area contributed by atoms with Gasteiger partial charge in [0, 0.05) is 22.4 Å². The molecule has 5 nitrogen and oxygen atoms in total. The second kappa shape index (κ2) is 6.62. The van der Waals surface area contributed by atoms with Gasteiger partial charge in [-0.2, -0.15) is 0 Å². The van der Waals surface area contributed by atoms with Crippen molar-refractivity contribution in [2.24, 2.45) is 0 Å². The second-order valence-electron chi connectivity index (χ2n) is 4.95. The molecule has 23 heavy (non-hydrogen) atoms. The molecule has 0 aliphatic heterocycles. The van der Waals surface area contributed by atoms with Crippen LogP contribution in [0.4, 0.5) is 5.95 Å². The van der Waals surface area contributed by atoms with E-state index in [9.17, 15) is 4.79 Å². The normalized spacial score (nSPS) is 10.5. The summed E-state index contributed by atoms with van der Waals surface area (Å²) in [4.78, 5) is 20.3. The largest absolute Gasteiger partial charge is 0.273 e. The van der Waals surface area contributed by atoms with E-state index >= 15 is 0 Å². The highest BCUT2D eigenvalue weighted by Crippen LogP contribution is 2.29. The highest BCUT2D eigenvalue weighted by molar-refractivity contribution is 6.31. The molecule has 2 aromatic carbocycles. The summed E-state index contributed by atoms with van der Waals surface area (Å²) in [7, 11) is 0. The molecule has 0 unspecified atom stereocenters. The van der Waals surface area contributed by atoms with Crippen LogP contribution in [0.15, 0.2) is 48.5 Å². The van der Waals surface area contributed by atoms with Crippen LogP contribution in [0.2, 0.25) is 5.02 Å². The van der Waals surface area contributed by atoms with Crippen molar-refractivity contribution in [2.45, 2.75) is 13.3 Å². The lowest BCUT2D eigenvalue weighted by atomic mass is 10.1. The van der Waals surface area contributed by atoms with Gasteiger partial charge in [-0.15, -0.1) is 0 Å². The maximum absolute atomic E-state index is 11.4. The number of hydrogen-bond acceptors (Lipinski definition) is 4. The monoisotopic (exact) mass is 326 g/mol. The minimum absolute atomic E-state index is 0.133. The summed E-state index contributed by atoms with van der Waals surface area (Å²) in [5, 5.41) is 1.48. The average molecular weight is 327 g/mol. The number of anilines is 1. The van der Waals surface area contributed by atoms with Crippen LogP contribution >= 0.6 is 11.6 Å². The fourth-order valence-electron chi connectivity index (χ4n) is 2.19. The second-order valence-corrected chi connectivity index (χ2v) is 5.39. The van der Waals surface area contributed by atoms with E-state index in [1.54, 1.807) is 13.0 Å². The molecule has 0 aliphatic carbocycles. The van der Waals surface area contributed by atoms with E-state index in [1.807, 2.05) is 42.5 Å². The molecule has 3 aromatic rings. The van der Waals surface area contributed by atoms with Gasteiger partial charge in [0.2, 0.25) is 11.9 Å². The first kappa shape index (κ1) is 15.2. The van der Waals surface area contributed by atoms with Gasteiger partial charge in [-0.1, -0.05) is 48.9 Å². The highest BCUT2D eigenvalue weighted by atomic mass is 35.5. The Morgan fingerprint density at radius 1 is 1.13 bits per heavy atom. The van der Waals surface area contributed by atoms with Gasteiger partial charge in [0.1, 0.15) is 0 Å². The lowest BCUT2D eigenvalue weighted by Crippen LogP contribution is -2.29. The van der Waals surface area contributed by atoms with Gasteiger partial charge < -0.3 is 0 Å². The number of benzene rings is 2. The van der Waals surface area contributed by atoms with Crippen LogP contribution in [0.5, 0.6) is 0 Å². The molecule has 3 rings (SSSR count). The maximum atomic E-state index is 11.4. The molecule has 0 spiro atoms. The molecule has 0 saturated carbocycles. The van der Waals surface area contributed by atoms with Crippen molar-refractivity contribution in [2.75, 3.05) is 5.43 Å². The number of halogens is 1. The molecule has 1 amide bonds. The molecule has 1 heterocycles. The van der Waals surface area contributed by atoms with Gasteiger partial charge in [-0.25, -0.2) is 9.97 Å². The number of rotatable bonds is 4. The predicted molar refractivity (Wildman–Crippen MR) is 92.0 cm³/mol. The first-order chi connectivity index (χ1) is 11.2. The first-order valence-electron chi connectivity index (χ1n) is 7.25. The van der Waals surface area contributed by atoms with Gasteiger partial charge in [0.15, 0.2) is 0 Å². The van der Waals surface area contributed by atoms with E-state index in [4.69, 9.17) is 11.6 Å². The van der Waals surface area contributed by atoms with Crippen molar-refractivity contribution in [1.82, 2.24) is 15.4 Å². The zero-order valence-electron chi connectivity index (χ0n) is 12.5. The molecule has 116 valence electrons. The number of aromatic nitrogens is 2. The van der Waals surface area contributed by atoms with Crippen LogP contribution in [0.1, 0.15) is 13.3 Å². The van der Waals surface area contributed by atoms with Crippen molar-refractivity contribution in [3.63, 3.8) is 0 Å². The Kier molecular flexibility index (Phi) is 4.39. The lowest BCUT2D eigenvalue weighted by molar-refractivity contribution is -0.120. The van der Waals surface area contributed by atoms with Crippen LogP contribution < -0.4 is 10.9 Å². The van der Waals surface area contributed by atoms with Crippen molar-refractivity contribution in [3.8, 4) is 11.3 Å². The summed E-state index contributed by atoms with van der Waals surface area (Å²) in [5.74, 6) is 0.200. The fraction of sp³-hybridized carbons (Fsp3) is 0.118. The summed E-state index contributed by atoms with van der Waals surface area (Å²) < 4.78 is 0. The summed E-state index contributed by atoms with van der Waals surface area (Å²) >= 11 is 6.11. The molecule has 0 radical (unpaired) electrons. The van der Waals surface area contributed by atoms with E-state index in [0.717, 1.165) is 22.2 Å². The van der Waals surface area contributed by atoms with E-state index in [-0.39, 0.29) is 5.91 Å². The van der Waals surface area contributed by atoms with Gasteiger partial charge in [0.05, 0.1) is 11.2 Å². The highest BCUT2D eigenvalue weighted by Gasteiger charge is 2.10. The minimum atomic E-state index is -0.133. The summed E-state index contributed by atoms with van der Waals surface area (Å²) in [5.41, 5.74) is 7.77. The average Bonchev–Trinajstić information content (AvgIpc) is 2.59. The van der Waals surface area contributed by atoms with Crippen molar-refractivity contribution >= 4 is 34.4 Å². The third-order valence-electron chi connectivity index (χ3n) is 3.34. The molecular formula is C17H15ClN4O. The van der Waals surface area contributed by atoms with E-state index in [1.165, 1.54) is 0 Å². The Morgan fingerprint density at radius 3 is 2.65 bits per heavy atom. The van der Waals surface area contributed by atoms with Crippen molar-refractivity contribution < 1.29 is 4.79 Å². The zero-order valence-corrected chi connectivity index (χ0v) is 13.3. The summed E-state index contributed by atoms with van der Waals surface area (Å²) in [6.07, 6.45) is 0.377. The quantitative estimate of drug-likeness (QED) is 0.716. The van der Waals surface area contributed by atoms with Crippen LogP contribution in [0.3, 0.4) is 0 Å². The number of nitrogens with one attached hydrogen (secondary N) is 2. The Balaban J connectivity index is 2.11. The topological polar surface area (TPSA) is 66.9 Å². The van der Waals surface area contributed by atoms with Gasteiger partial charge >= 0.3 is 0 Å². The number of fused-ring (bicyclic) bond motifs is 1. The molecule has 1 aromatic heterocycles. The Labute approximate surface area is 138 Å². The smallest absolute Gasteiger partial charge is 0.242 e. The zero-order chi connectivity index (χ0) is 16.2. The van der Waals surface area contributed by atoms with Crippen molar-refractivity contribution in [3.05, 3.63) is 53.6 Å². The number of hydrogen-bond donors (Lipinski definition) is 2. The van der Waals surface area contributed by atoms with Crippen molar-refractivity contribution in [1.29, 1.82) is 0 Å². The third-order valence-corrected chi connectivity index (χ3v) is 3.57. The molecular weight excluding hydrogens is 312 g/mol. The summed E-state index contributed by atoms with van der Waals surface area (Å²) in [6, 6.07) is 15.2. The number of amides is 1. The standard InChI is InChI=1S/C17H15ClN4O/c1-2-15(23)21-22-17-19-14-9-8-12(18)10-13(14)16(20-17)11-6-4-3-5-7-11/h3-10H,2H2,1H3,(H,21,23)(H,19,20,22). The Bertz CT molecular complexity index is 852. The number of nitrogens with zero attached hydrogens (tertiary/aromatic N) is 2. The van der Waals surface area contributed by atoms with Crippen LogP contribution in [0, 0.1) is 0 Å². The molecule has 0 bridgehead atoms. The molecule has 2 N–H and O–H groups in total. The van der Waals surface area contributed by atoms with Gasteiger partial charge in [-0.05, 0) is 18.2 Å². The SMILES string of the molecule is CCC(=O)NNc1nc(-c2ccccc2)c2cc(Cl)ccc2n1. The van der Waals surface area contributed by atoms with Gasteiger partial charge in [0.25, 0.3) is 0 Å². The first-order valence-corrected chi connectivity index (χ1v) is 7.62. The van der Waals surface area contributed by atoms with Crippen LogP contribution in [0.25, 0.3) is 22.2 Å². The predicted octanol–water partition coefficient (Wildman–Crippen LogP) is 3.80. The number of hydrazine groups is 1. The molecule has 0 aliphatic rings. The van der Waals surface area contributed by atoms with Gasteiger partial charge in [-0.3, -0.25) is 15.6 Å². The molecule has 0 saturated heterocycles. The third kappa shape index (κ3) is 3.40. The number of carbonyl (C=O) groups excluding carboxylic acids is 1. The maximum Gasteiger partial charge on any atom is 0.242 e. The Morgan fingerprint density at radius 2 is 1.91 bits per heavy atom. The summed E-state index contributed by atoms with van der Waals surface area (Å²) in [6.45, 7) is 1.77. The van der Waals surface area contributed by atoms with E-state index in [2.05, 4.69) is 20.8 Å². The lowest BCUT2D eigenvalue weighted by Gasteiger charge is -2.11. The molecule has 6 heteroatoms. The van der Waals surface area contributed by atoms with Crippen LogP contribution in [-0.2, 0) is 4.79 Å². The van der Waals surface area contributed by atoms with Crippen LogP contribution in [-0.4, -0.2) is 15.9 Å². The van der Waals surface area contributed by atoms with E-state index in [0.29, 0.717) is 17.4 Å². The fourth-order valence-corrected chi connectivity index (χ4v) is 2.36. The Hall–Kier alpha value is -2.66. The minimum Gasteiger partial charge on any atom is -0.273 e.